The zero-order chi connectivity index (χ0) is 20.4. The fraction of sp³-hybridized carbons (Fsp3) is 0.0455. The number of amides is 1. The van der Waals surface area contributed by atoms with Crippen molar-refractivity contribution in [3.63, 3.8) is 0 Å². The van der Waals surface area contributed by atoms with Crippen LogP contribution in [0.2, 0.25) is 0 Å². The standard InChI is InChI=1S/C22H17N5OS/c1-25-21(28)17-18-19(29-22(17)26-14-10-6-3-7-11-14)16(13-8-4-2-5-9-13)15(12-23)20(24)27-18/h2-11,26H,1H3,(H2,24,27)(H,25,28). The Kier molecular flexibility index (Phi) is 4.85. The topological polar surface area (TPSA) is 104 Å². The number of benzene rings is 2. The molecule has 2 aromatic heterocycles. The van der Waals surface area contributed by atoms with E-state index < -0.39 is 0 Å². The molecule has 2 aromatic carbocycles. The lowest BCUT2D eigenvalue weighted by Crippen LogP contribution is -2.18. The average molecular weight is 399 g/mol. The number of nitrogens with one attached hydrogen (secondary N) is 2. The summed E-state index contributed by atoms with van der Waals surface area (Å²) in [5, 5.41) is 16.4. The van der Waals surface area contributed by atoms with Gasteiger partial charge < -0.3 is 16.4 Å². The van der Waals surface area contributed by atoms with Crippen molar-refractivity contribution in [2.24, 2.45) is 0 Å². The minimum Gasteiger partial charge on any atom is -0.383 e. The fourth-order valence-electron chi connectivity index (χ4n) is 3.19. The van der Waals surface area contributed by atoms with E-state index in [1.807, 2.05) is 60.7 Å². The highest BCUT2D eigenvalue weighted by molar-refractivity contribution is 7.24. The van der Waals surface area contributed by atoms with Crippen molar-refractivity contribution >= 4 is 44.0 Å². The van der Waals surface area contributed by atoms with E-state index in [-0.39, 0.29) is 11.7 Å². The average Bonchev–Trinajstić information content (AvgIpc) is 3.10. The van der Waals surface area contributed by atoms with E-state index in [2.05, 4.69) is 21.7 Å². The summed E-state index contributed by atoms with van der Waals surface area (Å²) in [7, 11) is 1.57. The number of anilines is 3. The van der Waals surface area contributed by atoms with Crippen molar-refractivity contribution in [1.29, 1.82) is 5.26 Å². The molecule has 0 aliphatic carbocycles. The van der Waals surface area contributed by atoms with Gasteiger partial charge in [-0.3, -0.25) is 4.79 Å². The second kappa shape index (κ2) is 7.62. The first-order valence-corrected chi connectivity index (χ1v) is 9.71. The highest BCUT2D eigenvalue weighted by atomic mass is 32.1. The number of nitriles is 1. The molecule has 0 radical (unpaired) electrons. The lowest BCUT2D eigenvalue weighted by molar-refractivity contribution is 0.0965. The van der Waals surface area contributed by atoms with Crippen LogP contribution in [0.1, 0.15) is 15.9 Å². The van der Waals surface area contributed by atoms with Crippen LogP contribution in [0.4, 0.5) is 16.5 Å². The maximum atomic E-state index is 12.7. The number of aromatic nitrogens is 1. The van der Waals surface area contributed by atoms with Crippen molar-refractivity contribution in [3.05, 3.63) is 71.8 Å². The van der Waals surface area contributed by atoms with Crippen molar-refractivity contribution in [1.82, 2.24) is 10.3 Å². The van der Waals surface area contributed by atoms with Gasteiger partial charge in [0.1, 0.15) is 28.0 Å². The van der Waals surface area contributed by atoms with Crippen molar-refractivity contribution in [2.45, 2.75) is 0 Å². The number of fused-ring (bicyclic) bond motifs is 1. The molecule has 0 aliphatic heterocycles. The predicted molar refractivity (Wildman–Crippen MR) is 117 cm³/mol. The Morgan fingerprint density at radius 2 is 1.76 bits per heavy atom. The van der Waals surface area contributed by atoms with Gasteiger partial charge in [0.25, 0.3) is 5.91 Å². The Balaban J connectivity index is 2.05. The van der Waals surface area contributed by atoms with Crippen LogP contribution < -0.4 is 16.4 Å². The lowest BCUT2D eigenvalue weighted by Gasteiger charge is -2.09. The third-order valence-corrected chi connectivity index (χ3v) is 5.62. The number of hydrogen-bond acceptors (Lipinski definition) is 6. The highest BCUT2D eigenvalue weighted by Crippen LogP contribution is 2.44. The first kappa shape index (κ1) is 18.5. The van der Waals surface area contributed by atoms with Gasteiger partial charge in [0.15, 0.2) is 0 Å². The molecule has 142 valence electrons. The summed E-state index contributed by atoms with van der Waals surface area (Å²) in [5.41, 5.74) is 9.69. The van der Waals surface area contributed by atoms with Crippen LogP contribution in [0.15, 0.2) is 60.7 Å². The number of thiophene rings is 1. The van der Waals surface area contributed by atoms with E-state index >= 15 is 0 Å². The number of nitrogens with zero attached hydrogens (tertiary/aromatic N) is 2. The quantitative estimate of drug-likeness (QED) is 0.468. The van der Waals surface area contributed by atoms with Gasteiger partial charge in [-0.25, -0.2) is 4.98 Å². The molecule has 1 amide bonds. The van der Waals surface area contributed by atoms with Gasteiger partial charge in [-0.2, -0.15) is 5.26 Å². The fourth-order valence-corrected chi connectivity index (χ4v) is 4.42. The normalized spacial score (nSPS) is 10.5. The molecule has 4 aromatic rings. The van der Waals surface area contributed by atoms with Crippen molar-refractivity contribution < 1.29 is 4.79 Å². The molecule has 0 atom stereocenters. The zero-order valence-electron chi connectivity index (χ0n) is 15.6. The minimum atomic E-state index is -0.273. The third kappa shape index (κ3) is 3.26. The van der Waals surface area contributed by atoms with Gasteiger partial charge in [0.2, 0.25) is 0 Å². The van der Waals surface area contributed by atoms with Crippen LogP contribution in [0.25, 0.3) is 21.3 Å². The number of para-hydroxylation sites is 1. The van der Waals surface area contributed by atoms with Crippen LogP contribution in [0, 0.1) is 11.3 Å². The molecule has 0 aliphatic rings. The molecule has 4 rings (SSSR count). The van der Waals surface area contributed by atoms with Gasteiger partial charge in [0.05, 0.1) is 10.2 Å². The highest BCUT2D eigenvalue weighted by Gasteiger charge is 2.25. The number of nitrogen functional groups attached to an aromatic ring is 1. The monoisotopic (exact) mass is 399 g/mol. The van der Waals surface area contributed by atoms with Gasteiger partial charge >= 0.3 is 0 Å². The van der Waals surface area contributed by atoms with E-state index in [1.165, 1.54) is 11.3 Å². The predicted octanol–water partition coefficient (Wildman–Crippen LogP) is 4.52. The number of pyridine rings is 1. The van der Waals surface area contributed by atoms with Gasteiger partial charge in [0, 0.05) is 18.3 Å². The summed E-state index contributed by atoms with van der Waals surface area (Å²) in [5.74, 6) is -0.168. The number of carbonyl (C=O) groups is 1. The van der Waals surface area contributed by atoms with E-state index in [0.717, 1.165) is 16.0 Å². The van der Waals surface area contributed by atoms with E-state index in [1.54, 1.807) is 7.05 Å². The van der Waals surface area contributed by atoms with E-state index in [9.17, 15) is 10.1 Å². The van der Waals surface area contributed by atoms with Crippen LogP contribution in [0.5, 0.6) is 0 Å². The van der Waals surface area contributed by atoms with Gasteiger partial charge in [-0.15, -0.1) is 11.3 Å². The number of rotatable bonds is 4. The molecule has 6 nitrogen and oxygen atoms in total. The molecular weight excluding hydrogens is 382 g/mol. The molecular formula is C22H17N5OS. The largest absolute Gasteiger partial charge is 0.383 e. The SMILES string of the molecule is CNC(=O)c1c(Nc2ccccc2)sc2c(-c3ccccc3)c(C#N)c(N)nc12. The van der Waals surface area contributed by atoms with Crippen LogP contribution >= 0.6 is 11.3 Å². The first-order valence-electron chi connectivity index (χ1n) is 8.89. The molecule has 0 bridgehead atoms. The summed E-state index contributed by atoms with van der Waals surface area (Å²) in [4.78, 5) is 17.2. The first-order chi connectivity index (χ1) is 14.1. The molecule has 4 N–H and O–H groups in total. The molecule has 2 heterocycles. The van der Waals surface area contributed by atoms with Crippen LogP contribution in [-0.2, 0) is 0 Å². The Hall–Kier alpha value is -3.89. The minimum absolute atomic E-state index is 0.105. The maximum Gasteiger partial charge on any atom is 0.256 e. The smallest absolute Gasteiger partial charge is 0.256 e. The second-order valence-electron chi connectivity index (χ2n) is 6.28. The molecule has 0 saturated heterocycles. The Morgan fingerprint density at radius 1 is 1.10 bits per heavy atom. The summed E-state index contributed by atoms with van der Waals surface area (Å²) in [6.07, 6.45) is 0. The Morgan fingerprint density at radius 3 is 2.38 bits per heavy atom. The maximum absolute atomic E-state index is 12.7. The van der Waals surface area contributed by atoms with Crippen LogP contribution in [0.3, 0.4) is 0 Å². The van der Waals surface area contributed by atoms with Crippen molar-refractivity contribution in [2.75, 3.05) is 18.1 Å². The number of nitrogens with two attached hydrogens (primary N) is 1. The Labute approximate surface area is 171 Å². The van der Waals surface area contributed by atoms with Crippen molar-refractivity contribution in [3.8, 4) is 17.2 Å². The molecule has 0 saturated carbocycles. The van der Waals surface area contributed by atoms with Gasteiger partial charge in [-0.05, 0) is 17.7 Å². The summed E-state index contributed by atoms with van der Waals surface area (Å²) in [6, 6.07) is 21.3. The molecule has 0 unspecified atom stereocenters. The van der Waals surface area contributed by atoms with E-state index in [0.29, 0.717) is 27.2 Å². The molecule has 0 fully saturated rings. The van der Waals surface area contributed by atoms with Crippen LogP contribution in [-0.4, -0.2) is 17.9 Å². The summed E-state index contributed by atoms with van der Waals surface area (Å²) < 4.78 is 0.735. The number of carbonyl (C=O) groups excluding carboxylic acids is 1. The zero-order valence-corrected chi connectivity index (χ0v) is 16.4. The number of hydrogen-bond donors (Lipinski definition) is 3. The summed E-state index contributed by atoms with van der Waals surface area (Å²) in [6.45, 7) is 0. The van der Waals surface area contributed by atoms with Gasteiger partial charge in [-0.1, -0.05) is 48.5 Å². The Bertz CT molecular complexity index is 1240. The summed E-state index contributed by atoms with van der Waals surface area (Å²) >= 11 is 1.38. The third-order valence-electron chi connectivity index (χ3n) is 4.51. The second-order valence-corrected chi connectivity index (χ2v) is 7.30. The molecule has 0 spiro atoms. The lowest BCUT2D eigenvalue weighted by atomic mass is 10.00. The van der Waals surface area contributed by atoms with E-state index in [4.69, 9.17) is 5.73 Å². The molecule has 7 heteroatoms. The molecule has 29 heavy (non-hydrogen) atoms.